The van der Waals surface area contributed by atoms with Crippen LogP contribution in [0.2, 0.25) is 0 Å². The summed E-state index contributed by atoms with van der Waals surface area (Å²) in [5.41, 5.74) is 4.43. The number of hydrazine groups is 1. The van der Waals surface area contributed by atoms with Crippen LogP contribution in [-0.4, -0.2) is 23.4 Å². The molecule has 6 heteroatoms. The molecule has 106 valence electrons. The normalized spacial score (nSPS) is 16.4. The molecule has 0 saturated carbocycles. The molecule has 1 aromatic heterocycles. The van der Waals surface area contributed by atoms with E-state index in [1.807, 2.05) is 30.3 Å². The summed E-state index contributed by atoms with van der Waals surface area (Å²) in [6.07, 6.45) is 3.69. The molecule has 0 bridgehead atoms. The van der Waals surface area contributed by atoms with E-state index < -0.39 is 0 Å². The summed E-state index contributed by atoms with van der Waals surface area (Å²) < 4.78 is 6.59. The first-order valence-corrected chi connectivity index (χ1v) is 7.01. The van der Waals surface area contributed by atoms with Gasteiger partial charge in [0.05, 0.1) is 0 Å². The number of hydrogen-bond acceptors (Lipinski definition) is 4. The van der Waals surface area contributed by atoms with Crippen molar-refractivity contribution in [3.8, 4) is 5.69 Å². The van der Waals surface area contributed by atoms with Gasteiger partial charge >= 0.3 is 11.3 Å². The van der Waals surface area contributed by atoms with Gasteiger partial charge in [-0.25, -0.2) is 15.2 Å². The van der Waals surface area contributed by atoms with Crippen molar-refractivity contribution in [2.24, 2.45) is 0 Å². The van der Waals surface area contributed by atoms with Crippen LogP contribution < -0.4 is 15.7 Å². The van der Waals surface area contributed by atoms with Crippen molar-refractivity contribution in [2.75, 3.05) is 13.1 Å². The standard InChI is InChI=1S/C14H18N4O2/c19-14-13(11-15-17-9-5-2-6-10-17)18(16-20-14)12-7-3-1-4-8-12/h1,3-4,7-8,15H,2,5-6,9-11H2/p+1. The first kappa shape index (κ1) is 13.1. The number of nitrogens with zero attached hydrogens (tertiary/aromatic N) is 2. The van der Waals surface area contributed by atoms with Crippen molar-refractivity contribution >= 4 is 0 Å². The maximum atomic E-state index is 11.8. The van der Waals surface area contributed by atoms with Crippen LogP contribution in [0.5, 0.6) is 0 Å². The average molecular weight is 275 g/mol. The van der Waals surface area contributed by atoms with E-state index in [2.05, 4.69) is 15.7 Å². The Labute approximate surface area is 116 Å². The van der Waals surface area contributed by atoms with E-state index >= 15 is 0 Å². The summed E-state index contributed by atoms with van der Waals surface area (Å²) in [5, 5.41) is 4.82. The Kier molecular flexibility index (Phi) is 3.94. The second kappa shape index (κ2) is 6.02. The van der Waals surface area contributed by atoms with Crippen LogP contribution in [0.1, 0.15) is 25.0 Å². The topological polar surface area (TPSA) is 65.2 Å². The second-order valence-electron chi connectivity index (χ2n) is 4.98. The number of piperidine rings is 1. The number of para-hydroxylation sites is 1. The van der Waals surface area contributed by atoms with E-state index in [1.165, 1.54) is 19.3 Å². The lowest BCUT2D eigenvalue weighted by Gasteiger charge is -2.26. The molecule has 0 spiro atoms. The Balaban J connectivity index is 1.76. The van der Waals surface area contributed by atoms with Crippen molar-refractivity contribution in [1.82, 2.24) is 15.7 Å². The van der Waals surface area contributed by atoms with Gasteiger partial charge in [0.1, 0.15) is 6.54 Å². The molecule has 20 heavy (non-hydrogen) atoms. The zero-order valence-electron chi connectivity index (χ0n) is 11.3. The smallest absolute Gasteiger partial charge is 0.283 e. The number of benzene rings is 1. The molecule has 0 amide bonds. The Morgan fingerprint density at radius 3 is 2.70 bits per heavy atom. The summed E-state index contributed by atoms with van der Waals surface area (Å²) in [6, 6.07) is 9.64. The first-order valence-electron chi connectivity index (χ1n) is 7.01. The van der Waals surface area contributed by atoms with Gasteiger partial charge in [0.15, 0.2) is 0 Å². The van der Waals surface area contributed by atoms with Crippen LogP contribution in [0.4, 0.5) is 0 Å². The molecule has 2 heterocycles. The van der Waals surface area contributed by atoms with Crippen molar-refractivity contribution in [3.63, 3.8) is 0 Å². The quantitative estimate of drug-likeness (QED) is 0.808. The number of aromatic nitrogens is 2. The number of nitrogens with one attached hydrogen (secondary N) is 2. The fraction of sp³-hybridized carbons (Fsp3) is 0.429. The maximum absolute atomic E-state index is 11.8. The van der Waals surface area contributed by atoms with Crippen molar-refractivity contribution in [3.05, 3.63) is 46.4 Å². The number of H-pyrrole nitrogens is 1. The highest BCUT2D eigenvalue weighted by Crippen LogP contribution is 2.06. The van der Waals surface area contributed by atoms with E-state index in [4.69, 9.17) is 4.52 Å². The molecule has 0 atom stereocenters. The molecule has 1 aromatic carbocycles. The molecule has 0 aliphatic carbocycles. The van der Waals surface area contributed by atoms with E-state index in [1.54, 1.807) is 4.68 Å². The molecular formula is C14H19N4O2+. The molecule has 2 N–H and O–H groups in total. The Morgan fingerprint density at radius 1 is 1.20 bits per heavy atom. The SMILES string of the molecule is O=c1o[nH][n+](-c2ccccc2)c1CNN1CCCCC1. The average Bonchev–Trinajstić information content (AvgIpc) is 2.88. The highest BCUT2D eigenvalue weighted by molar-refractivity contribution is 5.21. The molecule has 0 radical (unpaired) electrons. The Hall–Kier alpha value is -1.92. The van der Waals surface area contributed by atoms with Gasteiger partial charge in [0.25, 0.3) is 0 Å². The van der Waals surface area contributed by atoms with Gasteiger partial charge in [-0.05, 0) is 22.8 Å². The third-order valence-electron chi connectivity index (χ3n) is 3.58. The molecule has 1 aliphatic rings. The lowest BCUT2D eigenvalue weighted by Crippen LogP contribution is -2.46. The van der Waals surface area contributed by atoms with Gasteiger partial charge in [-0.15, -0.1) is 0 Å². The van der Waals surface area contributed by atoms with Gasteiger partial charge in [-0.2, -0.15) is 0 Å². The van der Waals surface area contributed by atoms with Gasteiger partial charge in [0, 0.05) is 25.2 Å². The molecule has 1 aliphatic heterocycles. The summed E-state index contributed by atoms with van der Waals surface area (Å²) >= 11 is 0. The first-order chi connectivity index (χ1) is 9.84. The number of aromatic amines is 1. The highest BCUT2D eigenvalue weighted by Gasteiger charge is 2.23. The zero-order chi connectivity index (χ0) is 13.8. The zero-order valence-corrected chi connectivity index (χ0v) is 11.3. The third-order valence-corrected chi connectivity index (χ3v) is 3.58. The van der Waals surface area contributed by atoms with Crippen LogP contribution >= 0.6 is 0 Å². The van der Waals surface area contributed by atoms with Gasteiger partial charge in [0.2, 0.25) is 5.69 Å². The highest BCUT2D eigenvalue weighted by atomic mass is 16.5. The van der Waals surface area contributed by atoms with Gasteiger partial charge in [-0.1, -0.05) is 24.6 Å². The molecule has 3 rings (SSSR count). The van der Waals surface area contributed by atoms with Crippen LogP contribution in [0.25, 0.3) is 5.69 Å². The second-order valence-corrected chi connectivity index (χ2v) is 4.98. The van der Waals surface area contributed by atoms with E-state index in [9.17, 15) is 4.79 Å². The predicted octanol–water partition coefficient (Wildman–Crippen LogP) is 0.735. The summed E-state index contributed by atoms with van der Waals surface area (Å²) in [5.74, 6) is 0. The monoisotopic (exact) mass is 275 g/mol. The van der Waals surface area contributed by atoms with E-state index in [0.29, 0.717) is 12.2 Å². The third kappa shape index (κ3) is 2.81. The number of hydrogen-bond donors (Lipinski definition) is 2. The van der Waals surface area contributed by atoms with E-state index in [0.717, 1.165) is 18.8 Å². The van der Waals surface area contributed by atoms with Gasteiger partial charge < -0.3 is 0 Å². The van der Waals surface area contributed by atoms with Crippen molar-refractivity contribution < 1.29 is 9.20 Å². The van der Waals surface area contributed by atoms with Crippen LogP contribution in [0.3, 0.4) is 0 Å². The molecule has 2 aromatic rings. The largest absolute Gasteiger partial charge is 0.431 e. The fourth-order valence-corrected chi connectivity index (χ4v) is 2.47. The number of rotatable bonds is 4. The van der Waals surface area contributed by atoms with Crippen molar-refractivity contribution in [1.29, 1.82) is 0 Å². The molecule has 6 nitrogen and oxygen atoms in total. The summed E-state index contributed by atoms with van der Waals surface area (Å²) in [6.45, 7) is 2.52. The van der Waals surface area contributed by atoms with E-state index in [-0.39, 0.29) is 5.63 Å². The van der Waals surface area contributed by atoms with Crippen LogP contribution in [0.15, 0.2) is 39.6 Å². The summed E-state index contributed by atoms with van der Waals surface area (Å²) in [7, 11) is 0. The van der Waals surface area contributed by atoms with Crippen LogP contribution in [0, 0.1) is 0 Å². The lowest BCUT2D eigenvalue weighted by molar-refractivity contribution is -0.677. The summed E-state index contributed by atoms with van der Waals surface area (Å²) in [4.78, 5) is 11.8. The minimum atomic E-state index is -0.335. The van der Waals surface area contributed by atoms with Crippen LogP contribution in [-0.2, 0) is 6.54 Å². The Bertz CT molecular complexity index is 599. The molecule has 0 unspecified atom stereocenters. The van der Waals surface area contributed by atoms with Crippen molar-refractivity contribution in [2.45, 2.75) is 25.8 Å². The molecule has 1 saturated heterocycles. The fourth-order valence-electron chi connectivity index (χ4n) is 2.47. The molecular weight excluding hydrogens is 256 g/mol. The maximum Gasteiger partial charge on any atom is 0.431 e. The predicted molar refractivity (Wildman–Crippen MR) is 73.1 cm³/mol. The minimum Gasteiger partial charge on any atom is -0.283 e. The molecule has 1 fully saturated rings. The lowest BCUT2D eigenvalue weighted by atomic mass is 10.2. The van der Waals surface area contributed by atoms with Gasteiger partial charge in [-0.3, -0.25) is 4.52 Å². The Morgan fingerprint density at radius 2 is 1.95 bits per heavy atom. The minimum absolute atomic E-state index is 0.335.